The van der Waals surface area contributed by atoms with Crippen LogP contribution in [0.4, 0.5) is 0 Å². The van der Waals surface area contributed by atoms with Crippen molar-refractivity contribution < 1.29 is 14.3 Å². The summed E-state index contributed by atoms with van der Waals surface area (Å²) in [5.74, 6) is 0.433. The van der Waals surface area contributed by atoms with Gasteiger partial charge in [0.15, 0.2) is 11.4 Å². The molecule has 0 N–H and O–H groups in total. The molecular formula is C10H14O3. The molecule has 0 aromatic carbocycles. The van der Waals surface area contributed by atoms with E-state index in [9.17, 15) is 9.59 Å². The van der Waals surface area contributed by atoms with Crippen LogP contribution < -0.4 is 0 Å². The van der Waals surface area contributed by atoms with Crippen LogP contribution in [-0.2, 0) is 14.3 Å². The maximum absolute atomic E-state index is 11.6. The average molecular weight is 182 g/mol. The topological polar surface area (TPSA) is 43.4 Å². The van der Waals surface area contributed by atoms with E-state index in [1.54, 1.807) is 0 Å². The summed E-state index contributed by atoms with van der Waals surface area (Å²) >= 11 is 0. The lowest BCUT2D eigenvalue weighted by atomic mass is 9.76. The fourth-order valence-corrected chi connectivity index (χ4v) is 2.35. The third-order valence-electron chi connectivity index (χ3n) is 3.09. The quantitative estimate of drug-likeness (QED) is 0.532. The Labute approximate surface area is 77.4 Å². The van der Waals surface area contributed by atoms with Gasteiger partial charge in [-0.3, -0.25) is 9.59 Å². The number of hydrogen-bond donors (Lipinski definition) is 0. The van der Waals surface area contributed by atoms with Crippen LogP contribution in [0, 0.1) is 5.92 Å². The molecule has 1 aliphatic heterocycles. The van der Waals surface area contributed by atoms with Crippen LogP contribution >= 0.6 is 0 Å². The summed E-state index contributed by atoms with van der Waals surface area (Å²) < 4.78 is 5.18. The van der Waals surface area contributed by atoms with Gasteiger partial charge in [-0.25, -0.2) is 0 Å². The Balaban J connectivity index is 2.19. The van der Waals surface area contributed by atoms with E-state index in [1.165, 1.54) is 0 Å². The number of ketones is 1. The molecule has 2 aliphatic rings. The van der Waals surface area contributed by atoms with E-state index in [1.807, 2.05) is 0 Å². The van der Waals surface area contributed by atoms with Crippen LogP contribution in [0.1, 0.15) is 39.0 Å². The Bertz CT molecular complexity index is 259. The first-order valence-corrected chi connectivity index (χ1v) is 4.87. The molecule has 0 aromatic rings. The van der Waals surface area contributed by atoms with E-state index in [0.717, 1.165) is 12.8 Å². The fourth-order valence-electron chi connectivity index (χ4n) is 2.35. The first-order valence-electron chi connectivity index (χ1n) is 4.87. The summed E-state index contributed by atoms with van der Waals surface area (Å²) in [4.78, 5) is 22.6. The van der Waals surface area contributed by atoms with Gasteiger partial charge in [0.2, 0.25) is 0 Å². The van der Waals surface area contributed by atoms with Gasteiger partial charge in [0.25, 0.3) is 0 Å². The van der Waals surface area contributed by atoms with Crippen LogP contribution in [0.2, 0.25) is 0 Å². The van der Waals surface area contributed by atoms with Crippen molar-refractivity contribution in [2.45, 2.75) is 44.6 Å². The number of esters is 1. The van der Waals surface area contributed by atoms with Gasteiger partial charge in [-0.1, -0.05) is 6.92 Å². The van der Waals surface area contributed by atoms with Gasteiger partial charge in [-0.2, -0.15) is 0 Å². The Morgan fingerprint density at radius 2 is 2.15 bits per heavy atom. The van der Waals surface area contributed by atoms with Gasteiger partial charge in [0.05, 0.1) is 0 Å². The Kier molecular flexibility index (Phi) is 1.90. The van der Waals surface area contributed by atoms with Crippen molar-refractivity contribution in [2.75, 3.05) is 0 Å². The third kappa shape index (κ3) is 1.36. The van der Waals surface area contributed by atoms with E-state index in [4.69, 9.17) is 4.74 Å². The van der Waals surface area contributed by atoms with Crippen LogP contribution in [0.25, 0.3) is 0 Å². The van der Waals surface area contributed by atoms with Crippen molar-refractivity contribution in [1.29, 1.82) is 0 Å². The van der Waals surface area contributed by atoms with Crippen LogP contribution in [-0.4, -0.2) is 17.4 Å². The highest BCUT2D eigenvalue weighted by atomic mass is 16.6. The lowest BCUT2D eigenvalue weighted by Gasteiger charge is -2.33. The Hall–Kier alpha value is -0.860. The normalized spacial score (nSPS) is 39.6. The molecule has 0 unspecified atom stereocenters. The Morgan fingerprint density at radius 3 is 2.77 bits per heavy atom. The van der Waals surface area contributed by atoms with Crippen LogP contribution in [0.3, 0.4) is 0 Å². The molecule has 0 radical (unpaired) electrons. The number of hydrogen-bond acceptors (Lipinski definition) is 3. The smallest absolute Gasteiger partial charge is 0.306 e. The minimum atomic E-state index is -0.714. The van der Waals surface area contributed by atoms with Crippen molar-refractivity contribution in [3.63, 3.8) is 0 Å². The first kappa shape index (κ1) is 8.73. The maximum atomic E-state index is 11.6. The van der Waals surface area contributed by atoms with E-state index in [2.05, 4.69) is 6.92 Å². The lowest BCUT2D eigenvalue weighted by Crippen LogP contribution is -2.43. The zero-order valence-electron chi connectivity index (χ0n) is 7.84. The second-order valence-corrected chi connectivity index (χ2v) is 4.24. The molecular weight excluding hydrogens is 168 g/mol. The van der Waals surface area contributed by atoms with Crippen molar-refractivity contribution in [2.24, 2.45) is 5.92 Å². The molecule has 1 spiro atoms. The second-order valence-electron chi connectivity index (χ2n) is 4.24. The minimum absolute atomic E-state index is 0.136. The van der Waals surface area contributed by atoms with Gasteiger partial charge < -0.3 is 4.74 Å². The van der Waals surface area contributed by atoms with E-state index in [-0.39, 0.29) is 11.8 Å². The maximum Gasteiger partial charge on any atom is 0.306 e. The number of rotatable bonds is 0. The second kappa shape index (κ2) is 2.82. The number of ether oxygens (including phenoxy) is 1. The summed E-state index contributed by atoms with van der Waals surface area (Å²) in [6, 6.07) is 0. The molecule has 3 heteroatoms. The SMILES string of the molecule is C[C@H]1CCC(=O)[C@@]2(CCC(=O)O2)C1. The standard InChI is InChI=1S/C10H14O3/c1-7-2-3-8(11)10(6-7)5-4-9(12)13-10/h7H,2-6H2,1H3/t7-,10+/m0/s1. The molecule has 0 bridgehead atoms. The monoisotopic (exact) mass is 182 g/mol. The summed E-state index contributed by atoms with van der Waals surface area (Å²) in [6.45, 7) is 2.11. The Morgan fingerprint density at radius 1 is 1.38 bits per heavy atom. The van der Waals surface area contributed by atoms with Gasteiger partial charge in [-0.05, 0) is 18.8 Å². The minimum Gasteiger partial charge on any atom is -0.451 e. The van der Waals surface area contributed by atoms with Gasteiger partial charge in [-0.15, -0.1) is 0 Å². The van der Waals surface area contributed by atoms with Crippen LogP contribution in [0.5, 0.6) is 0 Å². The number of carbonyl (C=O) groups is 2. The molecule has 0 aromatic heterocycles. The fraction of sp³-hybridized carbons (Fsp3) is 0.800. The highest BCUT2D eigenvalue weighted by molar-refractivity contribution is 5.92. The highest BCUT2D eigenvalue weighted by Crippen LogP contribution is 2.39. The molecule has 1 saturated heterocycles. The molecule has 0 amide bonds. The predicted octanol–water partition coefficient (Wildman–Crippen LogP) is 1.45. The van der Waals surface area contributed by atoms with E-state index < -0.39 is 5.60 Å². The van der Waals surface area contributed by atoms with Gasteiger partial charge in [0.1, 0.15) is 0 Å². The zero-order chi connectivity index (χ0) is 9.47. The summed E-state index contributed by atoms with van der Waals surface area (Å²) in [5, 5.41) is 0. The van der Waals surface area contributed by atoms with Crippen LogP contribution in [0.15, 0.2) is 0 Å². The molecule has 1 aliphatic carbocycles. The molecule has 3 nitrogen and oxygen atoms in total. The molecule has 2 fully saturated rings. The average Bonchev–Trinajstić information content (AvgIpc) is 2.42. The predicted molar refractivity (Wildman–Crippen MR) is 46.1 cm³/mol. The number of carbonyl (C=O) groups excluding carboxylic acids is 2. The largest absolute Gasteiger partial charge is 0.451 e. The molecule has 2 rings (SSSR count). The molecule has 1 heterocycles. The number of Topliss-reactive ketones (excluding diaryl/α,β-unsaturated/α-hetero) is 1. The first-order chi connectivity index (χ1) is 6.12. The molecule has 13 heavy (non-hydrogen) atoms. The van der Waals surface area contributed by atoms with E-state index in [0.29, 0.717) is 25.2 Å². The summed E-state index contributed by atoms with van der Waals surface area (Å²) in [7, 11) is 0. The summed E-state index contributed by atoms with van der Waals surface area (Å²) in [6.07, 6.45) is 3.28. The van der Waals surface area contributed by atoms with Crippen molar-refractivity contribution in [3.05, 3.63) is 0 Å². The van der Waals surface area contributed by atoms with Crippen molar-refractivity contribution >= 4 is 11.8 Å². The molecule has 2 atom stereocenters. The zero-order valence-corrected chi connectivity index (χ0v) is 7.84. The van der Waals surface area contributed by atoms with Gasteiger partial charge in [0, 0.05) is 19.3 Å². The van der Waals surface area contributed by atoms with E-state index >= 15 is 0 Å². The van der Waals surface area contributed by atoms with Gasteiger partial charge >= 0.3 is 5.97 Å². The summed E-state index contributed by atoms with van der Waals surface area (Å²) in [5.41, 5.74) is -0.714. The third-order valence-corrected chi connectivity index (χ3v) is 3.09. The molecule has 1 saturated carbocycles. The molecule has 72 valence electrons. The van der Waals surface area contributed by atoms with Crippen molar-refractivity contribution in [3.8, 4) is 0 Å². The lowest BCUT2D eigenvalue weighted by molar-refractivity contribution is -0.161. The van der Waals surface area contributed by atoms with Crippen molar-refractivity contribution in [1.82, 2.24) is 0 Å². The highest BCUT2D eigenvalue weighted by Gasteiger charge is 2.49.